The Labute approximate surface area is 202 Å². The highest BCUT2D eigenvalue weighted by Crippen LogP contribution is 2.30. The van der Waals surface area contributed by atoms with E-state index in [-0.39, 0.29) is 17.2 Å². The number of anilines is 2. The van der Waals surface area contributed by atoms with E-state index in [2.05, 4.69) is 17.1 Å². The van der Waals surface area contributed by atoms with Crippen molar-refractivity contribution in [1.29, 1.82) is 0 Å². The molecule has 0 unspecified atom stereocenters. The molecule has 1 aliphatic rings. The number of fused-ring (bicyclic) bond motifs is 1. The second kappa shape index (κ2) is 10.3. The van der Waals surface area contributed by atoms with E-state index in [1.165, 1.54) is 23.1 Å². The lowest BCUT2D eigenvalue weighted by molar-refractivity contribution is -0.113. The fraction of sp³-hybridized carbons (Fsp3) is 0.500. The number of nitrogens with zero attached hydrogens (tertiary/aromatic N) is 4. The fourth-order valence-corrected chi connectivity index (χ4v) is 5.83. The number of benzene rings is 1. The number of piperidine rings is 1. The first-order valence-corrected chi connectivity index (χ1v) is 13.3. The maximum atomic E-state index is 13.3. The third-order valence-electron chi connectivity index (χ3n) is 5.96. The van der Waals surface area contributed by atoms with E-state index in [0.717, 1.165) is 60.2 Å². The molecule has 0 spiro atoms. The Kier molecular flexibility index (Phi) is 7.38. The van der Waals surface area contributed by atoms with Gasteiger partial charge in [-0.3, -0.25) is 14.2 Å². The SMILES string of the molecule is CCCn1c(SCC(=O)Nc2ccc(C)cc2C)nc2nc(N3CCC(C)CC3)sc2c1=O. The summed E-state index contributed by atoms with van der Waals surface area (Å²) in [4.78, 5) is 37.6. The number of aromatic nitrogens is 3. The molecule has 176 valence electrons. The minimum atomic E-state index is -0.120. The molecular formula is C24H31N5O2S2. The molecule has 3 aromatic rings. The highest BCUT2D eigenvalue weighted by atomic mass is 32.2. The van der Waals surface area contributed by atoms with Crippen LogP contribution in [0.1, 0.15) is 44.2 Å². The molecule has 9 heteroatoms. The zero-order chi connectivity index (χ0) is 23.5. The van der Waals surface area contributed by atoms with Gasteiger partial charge in [-0.15, -0.1) is 0 Å². The Morgan fingerprint density at radius 1 is 1.24 bits per heavy atom. The van der Waals surface area contributed by atoms with Gasteiger partial charge in [0.1, 0.15) is 4.70 Å². The number of thiazole rings is 1. The molecule has 0 radical (unpaired) electrons. The zero-order valence-electron chi connectivity index (χ0n) is 19.7. The summed E-state index contributed by atoms with van der Waals surface area (Å²) < 4.78 is 2.29. The summed E-state index contributed by atoms with van der Waals surface area (Å²) in [5.74, 6) is 0.787. The molecule has 7 nitrogen and oxygen atoms in total. The Bertz CT molecular complexity index is 1210. The van der Waals surface area contributed by atoms with Gasteiger partial charge in [0, 0.05) is 25.3 Å². The van der Waals surface area contributed by atoms with Crippen LogP contribution >= 0.6 is 23.1 Å². The predicted molar refractivity (Wildman–Crippen MR) is 138 cm³/mol. The van der Waals surface area contributed by atoms with E-state index >= 15 is 0 Å². The fourth-order valence-electron chi connectivity index (χ4n) is 4.01. The van der Waals surface area contributed by atoms with Gasteiger partial charge in [0.2, 0.25) is 5.91 Å². The molecular weight excluding hydrogens is 454 g/mol. The second-order valence-electron chi connectivity index (χ2n) is 8.83. The Balaban J connectivity index is 1.55. The van der Waals surface area contributed by atoms with Gasteiger partial charge in [0.05, 0.1) is 5.75 Å². The predicted octanol–water partition coefficient (Wildman–Crippen LogP) is 4.85. The van der Waals surface area contributed by atoms with Crippen molar-refractivity contribution < 1.29 is 4.79 Å². The molecule has 33 heavy (non-hydrogen) atoms. The summed E-state index contributed by atoms with van der Waals surface area (Å²) in [5, 5.41) is 4.39. The summed E-state index contributed by atoms with van der Waals surface area (Å²) in [5.41, 5.74) is 3.41. The largest absolute Gasteiger partial charge is 0.348 e. The third-order valence-corrected chi connectivity index (χ3v) is 8.03. The van der Waals surface area contributed by atoms with Gasteiger partial charge in [-0.1, -0.05) is 54.6 Å². The number of hydrogen-bond acceptors (Lipinski definition) is 7. The minimum Gasteiger partial charge on any atom is -0.348 e. The Hall–Kier alpha value is -2.39. The molecule has 4 rings (SSSR count). The van der Waals surface area contributed by atoms with E-state index in [1.54, 1.807) is 4.57 Å². The number of hydrogen-bond donors (Lipinski definition) is 1. The van der Waals surface area contributed by atoms with Crippen molar-refractivity contribution in [2.24, 2.45) is 5.92 Å². The van der Waals surface area contributed by atoms with E-state index < -0.39 is 0 Å². The number of amides is 1. The first-order chi connectivity index (χ1) is 15.9. The molecule has 1 aliphatic heterocycles. The van der Waals surface area contributed by atoms with Crippen LogP contribution in [0, 0.1) is 19.8 Å². The lowest BCUT2D eigenvalue weighted by atomic mass is 10.00. The van der Waals surface area contributed by atoms with E-state index in [4.69, 9.17) is 9.97 Å². The van der Waals surface area contributed by atoms with Crippen molar-refractivity contribution in [3.63, 3.8) is 0 Å². The minimum absolute atomic E-state index is 0.0618. The van der Waals surface area contributed by atoms with Gasteiger partial charge >= 0.3 is 0 Å². The number of aryl methyl sites for hydroxylation is 2. The number of thioether (sulfide) groups is 1. The van der Waals surface area contributed by atoms with E-state index in [0.29, 0.717) is 22.0 Å². The van der Waals surface area contributed by atoms with E-state index in [1.807, 2.05) is 39.0 Å². The van der Waals surface area contributed by atoms with Crippen LogP contribution in [0.5, 0.6) is 0 Å². The summed E-state index contributed by atoms with van der Waals surface area (Å²) in [6, 6.07) is 5.94. The van der Waals surface area contributed by atoms with Crippen molar-refractivity contribution in [1.82, 2.24) is 14.5 Å². The van der Waals surface area contributed by atoms with Crippen LogP contribution < -0.4 is 15.8 Å². The summed E-state index contributed by atoms with van der Waals surface area (Å²) in [6.07, 6.45) is 3.09. The third kappa shape index (κ3) is 5.41. The monoisotopic (exact) mass is 485 g/mol. The molecule has 0 atom stereocenters. The van der Waals surface area contributed by atoms with Crippen LogP contribution in [0.2, 0.25) is 0 Å². The standard InChI is InChI=1S/C24H31N5O2S2/c1-5-10-29-22(31)20-21(26-23(33-20)28-11-8-15(2)9-12-28)27-24(29)32-14-19(30)25-18-7-6-16(3)13-17(18)4/h6-7,13,15H,5,8-12,14H2,1-4H3,(H,25,30). The first kappa shape index (κ1) is 23.8. The highest BCUT2D eigenvalue weighted by molar-refractivity contribution is 7.99. The van der Waals surface area contributed by atoms with Crippen molar-refractivity contribution in [3.05, 3.63) is 39.7 Å². The smallest absolute Gasteiger partial charge is 0.273 e. The van der Waals surface area contributed by atoms with Gasteiger partial charge in [0.15, 0.2) is 15.9 Å². The number of carbonyl (C=O) groups is 1. The maximum Gasteiger partial charge on any atom is 0.273 e. The highest BCUT2D eigenvalue weighted by Gasteiger charge is 2.22. The molecule has 3 heterocycles. The molecule has 1 aromatic carbocycles. The maximum absolute atomic E-state index is 13.3. The van der Waals surface area contributed by atoms with E-state index in [9.17, 15) is 9.59 Å². The molecule has 0 bridgehead atoms. The normalized spacial score (nSPS) is 14.7. The quantitative estimate of drug-likeness (QED) is 0.381. The topological polar surface area (TPSA) is 80.1 Å². The molecule has 1 saturated heterocycles. The number of carbonyl (C=O) groups excluding carboxylic acids is 1. The van der Waals surface area contributed by atoms with Crippen LogP contribution in [0.3, 0.4) is 0 Å². The summed E-state index contributed by atoms with van der Waals surface area (Å²) in [7, 11) is 0. The van der Waals surface area contributed by atoms with Crippen LogP contribution in [-0.4, -0.2) is 39.3 Å². The van der Waals surface area contributed by atoms with Crippen molar-refractivity contribution in [2.45, 2.75) is 58.7 Å². The van der Waals surface area contributed by atoms with Crippen LogP contribution in [0.25, 0.3) is 10.3 Å². The molecule has 2 aromatic heterocycles. The molecule has 1 fully saturated rings. The molecule has 1 N–H and O–H groups in total. The van der Waals surface area contributed by atoms with Gasteiger partial charge in [-0.2, -0.15) is 4.98 Å². The second-order valence-corrected chi connectivity index (χ2v) is 10.7. The Morgan fingerprint density at radius 2 is 2.00 bits per heavy atom. The summed E-state index contributed by atoms with van der Waals surface area (Å²) in [6.45, 7) is 10.8. The summed E-state index contributed by atoms with van der Waals surface area (Å²) >= 11 is 2.73. The van der Waals surface area contributed by atoms with Crippen LogP contribution in [-0.2, 0) is 11.3 Å². The van der Waals surface area contributed by atoms with Crippen molar-refractivity contribution in [3.8, 4) is 0 Å². The van der Waals surface area contributed by atoms with Gasteiger partial charge in [-0.05, 0) is 50.7 Å². The average molecular weight is 486 g/mol. The van der Waals surface area contributed by atoms with Crippen molar-refractivity contribution in [2.75, 3.05) is 29.1 Å². The molecule has 0 aliphatic carbocycles. The van der Waals surface area contributed by atoms with Gasteiger partial charge in [-0.25, -0.2) is 4.98 Å². The van der Waals surface area contributed by atoms with Crippen LogP contribution in [0.4, 0.5) is 10.8 Å². The number of rotatable bonds is 7. The van der Waals surface area contributed by atoms with Crippen LogP contribution in [0.15, 0.2) is 28.2 Å². The van der Waals surface area contributed by atoms with Gasteiger partial charge in [0.25, 0.3) is 5.56 Å². The molecule has 1 amide bonds. The van der Waals surface area contributed by atoms with Crippen molar-refractivity contribution >= 4 is 50.2 Å². The average Bonchev–Trinajstić information content (AvgIpc) is 3.21. The number of nitrogens with one attached hydrogen (secondary N) is 1. The lowest BCUT2D eigenvalue weighted by Gasteiger charge is -2.29. The lowest BCUT2D eigenvalue weighted by Crippen LogP contribution is -2.32. The van der Waals surface area contributed by atoms with Gasteiger partial charge < -0.3 is 10.2 Å². The zero-order valence-corrected chi connectivity index (χ0v) is 21.3. The molecule has 0 saturated carbocycles. The first-order valence-electron chi connectivity index (χ1n) is 11.5. The Morgan fingerprint density at radius 3 is 2.70 bits per heavy atom.